The van der Waals surface area contributed by atoms with Crippen molar-refractivity contribution in [2.75, 3.05) is 31.5 Å². The third-order valence-electron chi connectivity index (χ3n) is 7.81. The summed E-state index contributed by atoms with van der Waals surface area (Å²) >= 11 is 1.74. The van der Waals surface area contributed by atoms with Crippen molar-refractivity contribution >= 4 is 34.4 Å². The maximum absolute atomic E-state index is 13.2. The minimum Gasteiger partial charge on any atom is -0.358 e. The summed E-state index contributed by atoms with van der Waals surface area (Å²) in [4.78, 5) is 36.9. The number of fused-ring (bicyclic) bond motifs is 2. The van der Waals surface area contributed by atoms with Gasteiger partial charge in [0.05, 0.1) is 17.3 Å². The van der Waals surface area contributed by atoms with Gasteiger partial charge in [-0.1, -0.05) is 12.1 Å². The number of hydrogen-bond donors (Lipinski definition) is 1. The van der Waals surface area contributed by atoms with Crippen LogP contribution < -0.4 is 5.32 Å². The van der Waals surface area contributed by atoms with Crippen LogP contribution in [0.1, 0.15) is 59.0 Å². The number of ketones is 1. The molecular formula is C30H34N4O2S. The normalized spacial score (nSPS) is 23.2. The number of aliphatic imine (C=N–C) groups is 1. The summed E-state index contributed by atoms with van der Waals surface area (Å²) in [6, 6.07) is 8.45. The molecule has 1 atom stereocenters. The Hall–Kier alpha value is -3.03. The van der Waals surface area contributed by atoms with Crippen LogP contribution in [0.4, 0.5) is 5.69 Å². The van der Waals surface area contributed by atoms with E-state index in [0.29, 0.717) is 25.0 Å². The lowest BCUT2D eigenvalue weighted by Gasteiger charge is -2.19. The first-order valence-electron chi connectivity index (χ1n) is 13.5. The van der Waals surface area contributed by atoms with Gasteiger partial charge in [0, 0.05) is 54.2 Å². The Bertz CT molecular complexity index is 1300. The lowest BCUT2D eigenvalue weighted by Crippen LogP contribution is -2.29. The molecular weight excluding hydrogens is 480 g/mol. The molecule has 3 aliphatic heterocycles. The van der Waals surface area contributed by atoms with Crippen molar-refractivity contribution in [3.8, 4) is 0 Å². The quantitative estimate of drug-likeness (QED) is 0.528. The van der Waals surface area contributed by atoms with Crippen LogP contribution in [0.2, 0.25) is 0 Å². The number of nitrogens with zero attached hydrogens (tertiary/aromatic N) is 3. The second-order valence-corrected chi connectivity index (χ2v) is 11.7. The Kier molecular flexibility index (Phi) is 6.82. The summed E-state index contributed by atoms with van der Waals surface area (Å²) in [6.07, 6.45) is 9.41. The summed E-state index contributed by atoms with van der Waals surface area (Å²) in [5.74, 6) is 0.245. The lowest BCUT2D eigenvalue weighted by molar-refractivity contribution is -0.114. The molecule has 1 fully saturated rings. The van der Waals surface area contributed by atoms with E-state index in [1.807, 2.05) is 23.1 Å². The van der Waals surface area contributed by atoms with Gasteiger partial charge in [-0.15, -0.1) is 11.3 Å². The van der Waals surface area contributed by atoms with E-state index in [4.69, 9.17) is 4.99 Å². The van der Waals surface area contributed by atoms with Crippen LogP contribution in [0.25, 0.3) is 0 Å². The van der Waals surface area contributed by atoms with Crippen molar-refractivity contribution < 1.29 is 9.59 Å². The van der Waals surface area contributed by atoms with Crippen LogP contribution in [0, 0.1) is 0 Å². The summed E-state index contributed by atoms with van der Waals surface area (Å²) in [7, 11) is 0. The molecule has 0 spiro atoms. The number of Topliss-reactive ketones (excluding diaryl/α,β-unsaturated/α-hetero) is 1. The largest absolute Gasteiger partial charge is 0.358 e. The zero-order valence-corrected chi connectivity index (χ0v) is 22.3. The predicted octanol–water partition coefficient (Wildman–Crippen LogP) is 5.01. The molecule has 1 aromatic carbocycles. The highest BCUT2D eigenvalue weighted by molar-refractivity contribution is 7.09. The number of rotatable bonds is 7. The van der Waals surface area contributed by atoms with Crippen molar-refractivity contribution in [1.29, 1.82) is 0 Å². The Morgan fingerprint density at radius 1 is 1.14 bits per heavy atom. The topological polar surface area (TPSA) is 65.0 Å². The zero-order valence-electron chi connectivity index (χ0n) is 21.5. The molecule has 0 bridgehead atoms. The Labute approximate surface area is 222 Å². The van der Waals surface area contributed by atoms with E-state index in [9.17, 15) is 9.59 Å². The van der Waals surface area contributed by atoms with E-state index in [1.165, 1.54) is 30.8 Å². The van der Waals surface area contributed by atoms with E-state index < -0.39 is 0 Å². The van der Waals surface area contributed by atoms with Crippen molar-refractivity contribution in [3.63, 3.8) is 0 Å². The van der Waals surface area contributed by atoms with Gasteiger partial charge in [-0.05, 0) is 86.6 Å². The highest BCUT2D eigenvalue weighted by Gasteiger charge is 2.32. The Balaban J connectivity index is 1.18. The molecule has 6 rings (SSSR count). The predicted molar refractivity (Wildman–Crippen MR) is 150 cm³/mol. The lowest BCUT2D eigenvalue weighted by atomic mass is 9.93. The number of carbonyl (C=O) groups is 2. The number of benzene rings is 1. The van der Waals surface area contributed by atoms with Gasteiger partial charge in [0.1, 0.15) is 0 Å². The van der Waals surface area contributed by atoms with Crippen LogP contribution >= 0.6 is 11.3 Å². The maximum Gasteiger partial charge on any atom is 0.254 e. The molecule has 0 saturated carbocycles. The van der Waals surface area contributed by atoms with Crippen molar-refractivity contribution in [3.05, 3.63) is 74.6 Å². The fraction of sp³-hybridized carbons (Fsp3) is 0.433. The monoisotopic (exact) mass is 514 g/mol. The average molecular weight is 515 g/mol. The van der Waals surface area contributed by atoms with E-state index in [-0.39, 0.29) is 17.7 Å². The van der Waals surface area contributed by atoms with E-state index in [0.717, 1.165) is 59.7 Å². The summed E-state index contributed by atoms with van der Waals surface area (Å²) in [5, 5.41) is 5.62. The fourth-order valence-electron chi connectivity index (χ4n) is 5.99. The van der Waals surface area contributed by atoms with E-state index >= 15 is 0 Å². The van der Waals surface area contributed by atoms with Gasteiger partial charge in [-0.25, -0.2) is 0 Å². The number of amides is 1. The number of allylic oxidation sites excluding steroid dienone is 4. The molecule has 4 aliphatic rings. The van der Waals surface area contributed by atoms with Gasteiger partial charge in [-0.2, -0.15) is 0 Å². The van der Waals surface area contributed by atoms with Crippen molar-refractivity contribution in [2.24, 2.45) is 4.99 Å². The molecule has 2 aromatic rings. The Morgan fingerprint density at radius 2 is 2.00 bits per heavy atom. The third kappa shape index (κ3) is 5.07. The molecule has 0 unspecified atom stereocenters. The van der Waals surface area contributed by atoms with Crippen molar-refractivity contribution in [2.45, 2.75) is 58.0 Å². The summed E-state index contributed by atoms with van der Waals surface area (Å²) in [5.41, 5.74) is 6.38. The Morgan fingerprint density at radius 3 is 2.81 bits per heavy atom. The van der Waals surface area contributed by atoms with Gasteiger partial charge >= 0.3 is 0 Å². The van der Waals surface area contributed by atoms with Gasteiger partial charge in [0.15, 0.2) is 5.78 Å². The molecule has 7 heteroatoms. The first-order chi connectivity index (χ1) is 18.0. The van der Waals surface area contributed by atoms with E-state index in [1.54, 1.807) is 11.3 Å². The van der Waals surface area contributed by atoms with Gasteiger partial charge < -0.3 is 15.1 Å². The highest BCUT2D eigenvalue weighted by Crippen LogP contribution is 2.36. The SMILES string of the molecule is C[C@H](Cc1cccs1)N=C1C=CCC(=O)C1=C1Cc2cc3c(cc2N1)CN(CCCN1CCCC1)C3=O. The number of likely N-dealkylation sites (tertiary alicyclic amines) is 1. The molecule has 6 nitrogen and oxygen atoms in total. The highest BCUT2D eigenvalue weighted by atomic mass is 32.1. The number of nitrogens with one attached hydrogen (secondary N) is 1. The summed E-state index contributed by atoms with van der Waals surface area (Å²) in [6.45, 7) is 7.05. The zero-order chi connectivity index (χ0) is 25.4. The molecule has 37 heavy (non-hydrogen) atoms. The molecule has 1 aliphatic carbocycles. The number of hydrogen-bond acceptors (Lipinski definition) is 6. The smallest absolute Gasteiger partial charge is 0.254 e. The van der Waals surface area contributed by atoms with Crippen LogP contribution in [-0.4, -0.2) is 59.4 Å². The summed E-state index contributed by atoms with van der Waals surface area (Å²) < 4.78 is 0. The molecule has 0 radical (unpaired) electrons. The molecule has 4 heterocycles. The minimum absolute atomic E-state index is 0.0847. The minimum atomic E-state index is 0.0847. The fourth-order valence-corrected chi connectivity index (χ4v) is 6.82. The molecule has 1 N–H and O–H groups in total. The van der Waals surface area contributed by atoms with Gasteiger partial charge in [-0.3, -0.25) is 14.6 Å². The van der Waals surface area contributed by atoms with Gasteiger partial charge in [0.2, 0.25) is 0 Å². The first kappa shape index (κ1) is 24.3. The van der Waals surface area contributed by atoms with E-state index in [2.05, 4.69) is 40.7 Å². The molecule has 192 valence electrons. The maximum atomic E-state index is 13.2. The third-order valence-corrected chi connectivity index (χ3v) is 8.71. The van der Waals surface area contributed by atoms with Gasteiger partial charge in [0.25, 0.3) is 5.91 Å². The number of carbonyl (C=O) groups excluding carboxylic acids is 2. The first-order valence-corrected chi connectivity index (χ1v) is 14.4. The van der Waals surface area contributed by atoms with Crippen LogP contribution in [0.5, 0.6) is 0 Å². The molecule has 1 aromatic heterocycles. The molecule has 1 saturated heterocycles. The van der Waals surface area contributed by atoms with Crippen molar-refractivity contribution in [1.82, 2.24) is 9.80 Å². The molecule has 1 amide bonds. The second-order valence-electron chi connectivity index (χ2n) is 10.6. The van der Waals surface area contributed by atoms with Crippen LogP contribution in [0.15, 0.2) is 58.1 Å². The van der Waals surface area contributed by atoms with Crippen LogP contribution in [-0.2, 0) is 24.2 Å². The number of thiophene rings is 1. The average Bonchev–Trinajstić information content (AvgIpc) is 3.67. The second kappa shape index (κ2) is 10.4. The van der Waals surface area contributed by atoms with Crippen LogP contribution in [0.3, 0.4) is 0 Å². The number of anilines is 1. The standard InChI is InChI=1S/C30H34N4O2S/c1-20(15-23-7-5-14-37-23)31-25-8-4-9-28(35)29(25)27-17-21-16-24-22(18-26(21)32-27)19-34(30(24)36)13-6-12-33-10-2-3-11-33/h4-5,7-8,14,16,18,20,32H,2-3,6,9-13,15,17,19H2,1H3/t20-/m1/s1.